The number of alkyl halides is 3. The average molecular weight is 397 g/mol. The lowest BCUT2D eigenvalue weighted by Gasteiger charge is -2.21. The van der Waals surface area contributed by atoms with Crippen molar-refractivity contribution < 1.29 is 22.6 Å². The lowest BCUT2D eigenvalue weighted by Crippen LogP contribution is -2.40. The number of hydrogen-bond donors (Lipinski definition) is 2. The zero-order chi connectivity index (χ0) is 19.8. The minimum absolute atomic E-state index is 0.0519. The number of aromatic nitrogens is 1. The van der Waals surface area contributed by atoms with Gasteiger partial charge in [-0.3, -0.25) is 4.99 Å². The molecular weight excluding hydrogens is 373 g/mol. The Bertz CT molecular complexity index is 610. The van der Waals surface area contributed by atoms with Gasteiger partial charge in [0, 0.05) is 19.9 Å². The molecule has 2 N–H and O–H groups in total. The molecule has 0 aliphatic heterocycles. The second-order valence-electron chi connectivity index (χ2n) is 5.94. The van der Waals surface area contributed by atoms with Crippen molar-refractivity contribution >= 4 is 17.6 Å². The predicted molar refractivity (Wildman–Crippen MR) is 94.8 cm³/mol. The molecule has 1 heterocycles. The number of halogens is 4. The molecule has 0 radical (unpaired) electrons. The zero-order valence-electron chi connectivity index (χ0n) is 15.2. The molecule has 0 fully saturated rings. The zero-order valence-corrected chi connectivity index (χ0v) is 16.0. The number of nitrogens with one attached hydrogen (secondary N) is 2. The molecule has 6 nitrogen and oxygen atoms in total. The van der Waals surface area contributed by atoms with E-state index in [0.29, 0.717) is 31.8 Å². The average Bonchev–Trinajstić information content (AvgIpc) is 2.56. The maximum atomic E-state index is 12.6. The molecule has 0 amide bonds. The maximum Gasteiger partial charge on any atom is 0.417 e. The minimum Gasteiger partial charge on any atom is -0.475 e. The molecule has 0 bridgehead atoms. The van der Waals surface area contributed by atoms with Crippen LogP contribution in [0.1, 0.15) is 26.3 Å². The van der Waals surface area contributed by atoms with Crippen molar-refractivity contribution in [1.29, 1.82) is 0 Å². The molecule has 1 aromatic rings. The van der Waals surface area contributed by atoms with E-state index in [-0.39, 0.29) is 17.5 Å². The normalized spacial score (nSPS) is 12.8. The maximum absolute atomic E-state index is 12.6. The van der Waals surface area contributed by atoms with Crippen LogP contribution in [0.15, 0.2) is 17.3 Å². The van der Waals surface area contributed by atoms with E-state index in [9.17, 15) is 13.2 Å². The summed E-state index contributed by atoms with van der Waals surface area (Å²) in [6.07, 6.45) is -3.81. The smallest absolute Gasteiger partial charge is 0.417 e. The van der Waals surface area contributed by atoms with Gasteiger partial charge in [-0.15, -0.1) is 0 Å². The highest BCUT2D eigenvalue weighted by atomic mass is 35.5. The van der Waals surface area contributed by atoms with E-state index in [4.69, 9.17) is 21.1 Å². The van der Waals surface area contributed by atoms with Gasteiger partial charge in [0.2, 0.25) is 5.88 Å². The molecule has 1 rings (SSSR count). The van der Waals surface area contributed by atoms with E-state index >= 15 is 0 Å². The first-order valence-corrected chi connectivity index (χ1v) is 8.39. The second kappa shape index (κ2) is 9.82. The Morgan fingerprint density at radius 1 is 1.31 bits per heavy atom. The first-order valence-electron chi connectivity index (χ1n) is 8.02. The fourth-order valence-electron chi connectivity index (χ4n) is 1.68. The molecule has 148 valence electrons. The Kier molecular flexibility index (Phi) is 8.42. The van der Waals surface area contributed by atoms with Crippen molar-refractivity contribution in [3.63, 3.8) is 0 Å². The van der Waals surface area contributed by atoms with Crippen LogP contribution in [-0.4, -0.2) is 49.9 Å². The Morgan fingerprint density at radius 2 is 2.00 bits per heavy atom. The molecule has 26 heavy (non-hydrogen) atoms. The Labute approximate surface area is 156 Å². The monoisotopic (exact) mass is 396 g/mol. The summed E-state index contributed by atoms with van der Waals surface area (Å²) >= 11 is 5.78. The fourth-order valence-corrected chi connectivity index (χ4v) is 1.90. The van der Waals surface area contributed by atoms with Crippen LogP contribution in [0.3, 0.4) is 0 Å². The number of hydrogen-bond acceptors (Lipinski definition) is 4. The standard InChI is InChI=1S/C16H24ClF3N4O2/c1-5-21-14(24-10-15(2,3)25-4)22-6-7-26-13-12(17)8-11(9-23-13)16(18,19)20/h8-9H,5-7,10H2,1-4H3,(H2,21,22,24). The summed E-state index contributed by atoms with van der Waals surface area (Å²) in [6, 6.07) is 0.787. The number of methoxy groups -OCH3 is 1. The van der Waals surface area contributed by atoms with Crippen LogP contribution in [-0.2, 0) is 10.9 Å². The van der Waals surface area contributed by atoms with Crippen LogP contribution in [0.2, 0.25) is 5.02 Å². The molecule has 0 aliphatic carbocycles. The van der Waals surface area contributed by atoms with Crippen LogP contribution in [0.5, 0.6) is 5.88 Å². The molecule has 0 saturated heterocycles. The third kappa shape index (κ3) is 7.65. The van der Waals surface area contributed by atoms with Gasteiger partial charge < -0.3 is 20.1 Å². The highest BCUT2D eigenvalue weighted by Crippen LogP contribution is 2.32. The van der Waals surface area contributed by atoms with Crippen molar-refractivity contribution in [2.45, 2.75) is 32.5 Å². The molecule has 0 aliphatic rings. The fraction of sp³-hybridized carbons (Fsp3) is 0.625. The molecule has 1 aromatic heterocycles. The van der Waals surface area contributed by atoms with E-state index in [1.807, 2.05) is 20.8 Å². The lowest BCUT2D eigenvalue weighted by molar-refractivity contribution is -0.137. The summed E-state index contributed by atoms with van der Waals surface area (Å²) < 4.78 is 48.3. The Morgan fingerprint density at radius 3 is 2.54 bits per heavy atom. The van der Waals surface area contributed by atoms with Gasteiger partial charge in [-0.05, 0) is 26.8 Å². The summed E-state index contributed by atoms with van der Waals surface area (Å²) in [5, 5.41) is 5.93. The predicted octanol–water partition coefficient (Wildman–Crippen LogP) is 3.11. The second-order valence-corrected chi connectivity index (χ2v) is 6.35. The summed E-state index contributed by atoms with van der Waals surface area (Å²) in [5.74, 6) is 0.525. The van der Waals surface area contributed by atoms with Crippen molar-refractivity contribution in [3.8, 4) is 5.88 Å². The number of guanidine groups is 1. The van der Waals surface area contributed by atoms with E-state index < -0.39 is 17.3 Å². The summed E-state index contributed by atoms with van der Waals surface area (Å²) in [7, 11) is 1.62. The molecule has 0 spiro atoms. The van der Waals surface area contributed by atoms with Crippen molar-refractivity contribution in [2.24, 2.45) is 4.99 Å². The van der Waals surface area contributed by atoms with Crippen molar-refractivity contribution in [2.75, 3.05) is 33.4 Å². The number of ether oxygens (including phenoxy) is 2. The Hall–Kier alpha value is -1.74. The van der Waals surface area contributed by atoms with Crippen molar-refractivity contribution in [3.05, 3.63) is 22.8 Å². The molecule has 0 unspecified atom stereocenters. The van der Waals surface area contributed by atoms with Gasteiger partial charge in [0.1, 0.15) is 11.6 Å². The molecule has 0 aromatic carbocycles. The van der Waals surface area contributed by atoms with Crippen LogP contribution in [0.25, 0.3) is 0 Å². The largest absolute Gasteiger partial charge is 0.475 e. The number of rotatable bonds is 8. The molecule has 0 saturated carbocycles. The molecule has 10 heteroatoms. The highest BCUT2D eigenvalue weighted by Gasteiger charge is 2.31. The van der Waals surface area contributed by atoms with E-state index in [0.717, 1.165) is 6.07 Å². The molecule has 0 atom stereocenters. The first-order chi connectivity index (χ1) is 12.1. The van der Waals surface area contributed by atoms with Gasteiger partial charge in [-0.2, -0.15) is 13.2 Å². The van der Waals surface area contributed by atoms with Gasteiger partial charge >= 0.3 is 6.18 Å². The lowest BCUT2D eigenvalue weighted by atomic mass is 10.1. The van der Waals surface area contributed by atoms with Gasteiger partial charge in [-0.1, -0.05) is 11.6 Å². The number of nitrogens with zero attached hydrogens (tertiary/aromatic N) is 2. The minimum atomic E-state index is -4.50. The SMILES string of the molecule is CCNC(=NCC(C)(C)OC)NCCOc1ncc(C(F)(F)F)cc1Cl. The quantitative estimate of drug-likeness (QED) is 0.401. The van der Waals surface area contributed by atoms with Gasteiger partial charge in [0.05, 0.1) is 24.3 Å². The van der Waals surface area contributed by atoms with Crippen LogP contribution in [0.4, 0.5) is 13.2 Å². The van der Waals surface area contributed by atoms with E-state index in [1.165, 1.54) is 0 Å². The van der Waals surface area contributed by atoms with Gasteiger partial charge in [0.15, 0.2) is 5.96 Å². The summed E-state index contributed by atoms with van der Waals surface area (Å²) in [5.41, 5.74) is -1.31. The number of aliphatic imine (C=N–C) groups is 1. The van der Waals surface area contributed by atoms with Crippen LogP contribution < -0.4 is 15.4 Å². The van der Waals surface area contributed by atoms with Crippen LogP contribution in [0, 0.1) is 0 Å². The first kappa shape index (κ1) is 22.3. The van der Waals surface area contributed by atoms with Gasteiger partial charge in [-0.25, -0.2) is 4.98 Å². The third-order valence-corrected chi connectivity index (χ3v) is 3.55. The third-order valence-electron chi connectivity index (χ3n) is 3.28. The summed E-state index contributed by atoms with van der Waals surface area (Å²) in [4.78, 5) is 8.02. The Balaban J connectivity index is 2.54. The van der Waals surface area contributed by atoms with E-state index in [1.54, 1.807) is 7.11 Å². The van der Waals surface area contributed by atoms with Crippen LogP contribution >= 0.6 is 11.6 Å². The van der Waals surface area contributed by atoms with E-state index in [2.05, 4.69) is 20.6 Å². The van der Waals surface area contributed by atoms with Gasteiger partial charge in [0.25, 0.3) is 0 Å². The summed E-state index contributed by atoms with van der Waals surface area (Å²) in [6.45, 7) is 7.40. The number of pyridine rings is 1. The molecular formula is C16H24ClF3N4O2. The topological polar surface area (TPSA) is 67.8 Å². The van der Waals surface area contributed by atoms with Crippen molar-refractivity contribution in [1.82, 2.24) is 15.6 Å². The highest BCUT2D eigenvalue weighted by molar-refractivity contribution is 6.31.